The van der Waals surface area contributed by atoms with E-state index in [9.17, 15) is 9.59 Å². The number of amides is 2. The first-order valence-corrected chi connectivity index (χ1v) is 9.27. The Labute approximate surface area is 161 Å². The third kappa shape index (κ3) is 4.92. The number of aryl methyl sites for hydroxylation is 1. The molecule has 0 radical (unpaired) electrons. The second-order valence-electron chi connectivity index (χ2n) is 6.16. The van der Waals surface area contributed by atoms with Crippen LogP contribution in [0.3, 0.4) is 0 Å². The van der Waals surface area contributed by atoms with E-state index in [0.29, 0.717) is 11.4 Å². The van der Waals surface area contributed by atoms with Crippen LogP contribution in [0.4, 0.5) is 22.2 Å². The van der Waals surface area contributed by atoms with Gasteiger partial charge in [-0.3, -0.25) is 9.59 Å². The third-order valence-corrected chi connectivity index (χ3v) is 4.46. The van der Waals surface area contributed by atoms with Crippen molar-refractivity contribution in [2.75, 3.05) is 16.0 Å². The van der Waals surface area contributed by atoms with Gasteiger partial charge in [-0.2, -0.15) is 0 Å². The van der Waals surface area contributed by atoms with Crippen molar-refractivity contribution in [3.05, 3.63) is 53.4 Å². The Kier molecular flexibility index (Phi) is 5.52. The first-order valence-electron chi connectivity index (χ1n) is 8.39. The Balaban J connectivity index is 1.90. The summed E-state index contributed by atoms with van der Waals surface area (Å²) >= 11 is 1.48. The molecule has 138 valence electrons. The molecule has 0 fully saturated rings. The average Bonchev–Trinajstić information content (AvgIpc) is 3.02. The van der Waals surface area contributed by atoms with E-state index in [0.717, 1.165) is 22.1 Å². The predicted octanol–water partition coefficient (Wildman–Crippen LogP) is 4.78. The van der Waals surface area contributed by atoms with Gasteiger partial charge < -0.3 is 16.0 Å². The monoisotopic (exact) mass is 380 g/mol. The molecule has 0 unspecified atom stereocenters. The highest BCUT2D eigenvalue weighted by molar-refractivity contribution is 7.14. The lowest BCUT2D eigenvalue weighted by Crippen LogP contribution is -2.09. The average molecular weight is 380 g/mol. The molecule has 3 rings (SSSR count). The number of benzene rings is 2. The number of hydrogen-bond donors (Lipinski definition) is 3. The topological polar surface area (TPSA) is 83.1 Å². The standard InChI is InChI=1S/C20H20N4O2S/c1-12-5-4-6-15(9-12)23-20-24-19(11-27-20)17-8-7-16(21-13(2)25)10-18(17)22-14(3)26/h4-11H,1-3H3,(H,21,25)(H,22,26)(H,23,24). The molecular formula is C20H20N4O2S. The van der Waals surface area contributed by atoms with Gasteiger partial charge in [0.2, 0.25) is 11.8 Å². The molecule has 1 heterocycles. The van der Waals surface area contributed by atoms with E-state index in [1.807, 2.05) is 42.6 Å². The summed E-state index contributed by atoms with van der Waals surface area (Å²) in [6, 6.07) is 13.4. The van der Waals surface area contributed by atoms with E-state index >= 15 is 0 Å². The summed E-state index contributed by atoms with van der Waals surface area (Å²) in [7, 11) is 0. The number of hydrogen-bond acceptors (Lipinski definition) is 5. The predicted molar refractivity (Wildman–Crippen MR) is 111 cm³/mol. The van der Waals surface area contributed by atoms with Gasteiger partial charge >= 0.3 is 0 Å². The fourth-order valence-electron chi connectivity index (χ4n) is 2.64. The first-order chi connectivity index (χ1) is 12.9. The number of aromatic nitrogens is 1. The number of nitrogens with one attached hydrogen (secondary N) is 3. The lowest BCUT2D eigenvalue weighted by molar-refractivity contribution is -0.115. The van der Waals surface area contributed by atoms with E-state index in [1.165, 1.54) is 30.7 Å². The Bertz CT molecular complexity index is 997. The quantitative estimate of drug-likeness (QED) is 0.595. The Morgan fingerprint density at radius 3 is 2.44 bits per heavy atom. The van der Waals surface area contributed by atoms with Crippen LogP contribution in [-0.2, 0) is 9.59 Å². The third-order valence-electron chi connectivity index (χ3n) is 3.70. The van der Waals surface area contributed by atoms with Crippen molar-refractivity contribution in [3.63, 3.8) is 0 Å². The zero-order valence-electron chi connectivity index (χ0n) is 15.3. The SMILES string of the molecule is CC(=O)Nc1ccc(-c2csc(Nc3cccc(C)c3)n2)c(NC(C)=O)c1. The Morgan fingerprint density at radius 1 is 0.963 bits per heavy atom. The summed E-state index contributed by atoms with van der Waals surface area (Å²) in [6.45, 7) is 4.92. The molecule has 7 heteroatoms. The van der Waals surface area contributed by atoms with E-state index in [1.54, 1.807) is 12.1 Å². The molecule has 3 N–H and O–H groups in total. The zero-order chi connectivity index (χ0) is 19.4. The molecule has 0 aliphatic rings. The molecule has 0 atom stereocenters. The van der Waals surface area contributed by atoms with Gasteiger partial charge in [0.05, 0.1) is 11.4 Å². The van der Waals surface area contributed by atoms with Crippen LogP contribution in [-0.4, -0.2) is 16.8 Å². The molecule has 2 amide bonds. The largest absolute Gasteiger partial charge is 0.332 e. The van der Waals surface area contributed by atoms with Crippen LogP contribution >= 0.6 is 11.3 Å². The minimum Gasteiger partial charge on any atom is -0.332 e. The molecule has 2 aromatic carbocycles. The molecule has 0 saturated heterocycles. The van der Waals surface area contributed by atoms with E-state index in [-0.39, 0.29) is 11.8 Å². The molecule has 1 aromatic heterocycles. The first kappa shape index (κ1) is 18.6. The minimum atomic E-state index is -0.190. The summed E-state index contributed by atoms with van der Waals surface area (Å²) in [6.07, 6.45) is 0. The van der Waals surface area contributed by atoms with Crippen LogP contribution in [0.2, 0.25) is 0 Å². The van der Waals surface area contributed by atoms with Crippen molar-refractivity contribution >= 4 is 45.3 Å². The van der Waals surface area contributed by atoms with Crippen LogP contribution in [0.25, 0.3) is 11.3 Å². The summed E-state index contributed by atoms with van der Waals surface area (Å²) in [5.41, 5.74) is 4.88. The van der Waals surface area contributed by atoms with Gasteiger partial charge in [0.15, 0.2) is 5.13 Å². The van der Waals surface area contributed by atoms with E-state index < -0.39 is 0 Å². The van der Waals surface area contributed by atoms with Gasteiger partial charge in [-0.25, -0.2) is 4.98 Å². The maximum absolute atomic E-state index is 11.6. The second kappa shape index (κ2) is 8.01. The minimum absolute atomic E-state index is 0.171. The van der Waals surface area contributed by atoms with Gasteiger partial charge in [-0.15, -0.1) is 11.3 Å². The summed E-state index contributed by atoms with van der Waals surface area (Å²) in [4.78, 5) is 27.5. The van der Waals surface area contributed by atoms with Gasteiger partial charge in [0.25, 0.3) is 0 Å². The molecule has 3 aromatic rings. The lowest BCUT2D eigenvalue weighted by atomic mass is 10.1. The maximum Gasteiger partial charge on any atom is 0.221 e. The number of carbonyl (C=O) groups excluding carboxylic acids is 2. The van der Waals surface area contributed by atoms with Crippen molar-refractivity contribution in [2.24, 2.45) is 0 Å². The van der Waals surface area contributed by atoms with Crippen LogP contribution in [0.1, 0.15) is 19.4 Å². The molecule has 0 saturated carbocycles. The summed E-state index contributed by atoms with van der Waals surface area (Å²) in [5.74, 6) is -0.362. The Hall–Kier alpha value is -3.19. The molecular weight excluding hydrogens is 360 g/mol. The van der Waals surface area contributed by atoms with Crippen LogP contribution < -0.4 is 16.0 Å². The smallest absolute Gasteiger partial charge is 0.221 e. The molecule has 0 spiro atoms. The van der Waals surface area contributed by atoms with Crippen molar-refractivity contribution < 1.29 is 9.59 Å². The zero-order valence-corrected chi connectivity index (χ0v) is 16.1. The van der Waals surface area contributed by atoms with Crippen molar-refractivity contribution in [3.8, 4) is 11.3 Å². The van der Waals surface area contributed by atoms with Gasteiger partial charge in [0.1, 0.15) is 0 Å². The second-order valence-corrected chi connectivity index (χ2v) is 7.01. The summed E-state index contributed by atoms with van der Waals surface area (Å²) in [5, 5.41) is 11.5. The van der Waals surface area contributed by atoms with Gasteiger partial charge in [-0.05, 0) is 42.8 Å². The van der Waals surface area contributed by atoms with Crippen LogP contribution in [0.5, 0.6) is 0 Å². The highest BCUT2D eigenvalue weighted by Gasteiger charge is 2.12. The molecule has 6 nitrogen and oxygen atoms in total. The highest BCUT2D eigenvalue weighted by Crippen LogP contribution is 2.33. The number of thiazole rings is 1. The summed E-state index contributed by atoms with van der Waals surface area (Å²) < 4.78 is 0. The highest BCUT2D eigenvalue weighted by atomic mass is 32.1. The van der Waals surface area contributed by atoms with Gasteiger partial charge in [0, 0.05) is 36.2 Å². The normalized spacial score (nSPS) is 10.3. The fraction of sp³-hybridized carbons (Fsp3) is 0.150. The lowest BCUT2D eigenvalue weighted by Gasteiger charge is -2.11. The fourth-order valence-corrected chi connectivity index (χ4v) is 3.37. The number of anilines is 4. The molecule has 27 heavy (non-hydrogen) atoms. The van der Waals surface area contributed by atoms with Crippen LogP contribution in [0.15, 0.2) is 47.8 Å². The Morgan fingerprint density at radius 2 is 1.74 bits per heavy atom. The van der Waals surface area contributed by atoms with Crippen molar-refractivity contribution in [2.45, 2.75) is 20.8 Å². The van der Waals surface area contributed by atoms with Crippen molar-refractivity contribution in [1.29, 1.82) is 0 Å². The molecule has 0 bridgehead atoms. The van der Waals surface area contributed by atoms with E-state index in [4.69, 9.17) is 0 Å². The number of carbonyl (C=O) groups is 2. The molecule has 0 aliphatic carbocycles. The maximum atomic E-state index is 11.6. The van der Waals surface area contributed by atoms with Crippen molar-refractivity contribution in [1.82, 2.24) is 4.98 Å². The number of nitrogens with zero attached hydrogens (tertiary/aromatic N) is 1. The van der Waals surface area contributed by atoms with E-state index in [2.05, 4.69) is 20.9 Å². The van der Waals surface area contributed by atoms with Crippen LogP contribution in [0, 0.1) is 6.92 Å². The molecule has 0 aliphatic heterocycles. The van der Waals surface area contributed by atoms with Gasteiger partial charge in [-0.1, -0.05) is 12.1 Å². The number of rotatable bonds is 5.